The quantitative estimate of drug-likeness (QED) is 0.752. The Morgan fingerprint density at radius 2 is 2.25 bits per heavy atom. The standard InChI is InChI=1S/C13H21N5OS/c1-4-5-14-12-10-8-15-18(2)13(10)17-11(16-12)9-20-7-6-19-3/h8H,4-7,9H2,1-3H3,(H,14,16,17). The first-order valence-electron chi connectivity index (χ1n) is 6.75. The molecule has 0 unspecified atom stereocenters. The minimum Gasteiger partial charge on any atom is -0.384 e. The predicted octanol–water partition coefficient (Wildman–Crippen LogP) is 2.06. The molecule has 1 N–H and O–H groups in total. The van der Waals surface area contributed by atoms with E-state index in [2.05, 4.69) is 27.3 Å². The van der Waals surface area contributed by atoms with E-state index in [0.717, 1.165) is 53.8 Å². The van der Waals surface area contributed by atoms with Gasteiger partial charge < -0.3 is 10.1 Å². The van der Waals surface area contributed by atoms with Crippen LogP contribution < -0.4 is 5.32 Å². The van der Waals surface area contributed by atoms with E-state index in [1.807, 2.05) is 13.2 Å². The Kier molecular flexibility index (Phi) is 5.60. The van der Waals surface area contributed by atoms with E-state index in [1.54, 1.807) is 23.6 Å². The smallest absolute Gasteiger partial charge is 0.163 e. The molecule has 0 aliphatic carbocycles. The van der Waals surface area contributed by atoms with E-state index in [1.165, 1.54) is 0 Å². The molecule has 0 amide bonds. The summed E-state index contributed by atoms with van der Waals surface area (Å²) in [6.07, 6.45) is 2.87. The lowest BCUT2D eigenvalue weighted by molar-refractivity contribution is 0.218. The van der Waals surface area contributed by atoms with Crippen molar-refractivity contribution < 1.29 is 4.74 Å². The van der Waals surface area contributed by atoms with Crippen LogP contribution in [0.2, 0.25) is 0 Å². The van der Waals surface area contributed by atoms with Crippen LogP contribution in [0.4, 0.5) is 5.82 Å². The van der Waals surface area contributed by atoms with Gasteiger partial charge in [0.15, 0.2) is 5.65 Å². The first-order valence-corrected chi connectivity index (χ1v) is 7.91. The second-order valence-corrected chi connectivity index (χ2v) is 5.57. The van der Waals surface area contributed by atoms with Gasteiger partial charge in [0.25, 0.3) is 0 Å². The second kappa shape index (κ2) is 7.44. The molecule has 110 valence electrons. The number of anilines is 1. The summed E-state index contributed by atoms with van der Waals surface area (Å²) in [4.78, 5) is 9.20. The Labute approximate surface area is 123 Å². The van der Waals surface area contributed by atoms with Gasteiger partial charge in [-0.3, -0.25) is 4.68 Å². The molecule has 0 aliphatic heterocycles. The summed E-state index contributed by atoms with van der Waals surface area (Å²) in [6.45, 7) is 3.78. The second-order valence-electron chi connectivity index (χ2n) is 4.47. The van der Waals surface area contributed by atoms with Crippen molar-refractivity contribution >= 4 is 28.6 Å². The number of thioether (sulfide) groups is 1. The molecular weight excluding hydrogens is 274 g/mol. The summed E-state index contributed by atoms with van der Waals surface area (Å²) in [7, 11) is 3.62. The average molecular weight is 295 g/mol. The Bertz CT molecular complexity index is 557. The molecule has 2 aromatic heterocycles. The van der Waals surface area contributed by atoms with Crippen LogP contribution in [0, 0.1) is 0 Å². The third-order valence-corrected chi connectivity index (χ3v) is 3.76. The van der Waals surface area contributed by atoms with Crippen LogP contribution in [-0.2, 0) is 17.5 Å². The van der Waals surface area contributed by atoms with Crippen LogP contribution >= 0.6 is 11.8 Å². The van der Waals surface area contributed by atoms with Gasteiger partial charge >= 0.3 is 0 Å². The van der Waals surface area contributed by atoms with Gasteiger partial charge in [-0.2, -0.15) is 16.9 Å². The van der Waals surface area contributed by atoms with Crippen molar-refractivity contribution in [2.75, 3.05) is 31.3 Å². The van der Waals surface area contributed by atoms with Crippen molar-refractivity contribution in [3.05, 3.63) is 12.0 Å². The summed E-state index contributed by atoms with van der Waals surface area (Å²) in [5, 5.41) is 8.60. The molecule has 0 saturated carbocycles. The normalized spacial score (nSPS) is 11.2. The lowest BCUT2D eigenvalue weighted by Gasteiger charge is -2.08. The Balaban J connectivity index is 2.19. The predicted molar refractivity (Wildman–Crippen MR) is 83.1 cm³/mol. The van der Waals surface area contributed by atoms with Crippen molar-refractivity contribution in [1.29, 1.82) is 0 Å². The van der Waals surface area contributed by atoms with E-state index in [0.29, 0.717) is 0 Å². The molecule has 6 nitrogen and oxygen atoms in total. The highest BCUT2D eigenvalue weighted by molar-refractivity contribution is 7.98. The molecule has 0 bridgehead atoms. The zero-order chi connectivity index (χ0) is 14.4. The molecule has 0 aromatic carbocycles. The molecule has 2 heterocycles. The SMILES string of the molecule is CCCNc1nc(CSCCOC)nc2c1cnn2C. The van der Waals surface area contributed by atoms with Crippen molar-refractivity contribution in [3.63, 3.8) is 0 Å². The highest BCUT2D eigenvalue weighted by Gasteiger charge is 2.11. The fourth-order valence-corrected chi connectivity index (χ4v) is 2.56. The topological polar surface area (TPSA) is 64.9 Å². The van der Waals surface area contributed by atoms with Gasteiger partial charge in [-0.25, -0.2) is 9.97 Å². The van der Waals surface area contributed by atoms with Gasteiger partial charge in [-0.1, -0.05) is 6.92 Å². The van der Waals surface area contributed by atoms with E-state index in [4.69, 9.17) is 4.74 Å². The number of aromatic nitrogens is 4. The van der Waals surface area contributed by atoms with Gasteiger partial charge in [-0.15, -0.1) is 0 Å². The molecule has 0 atom stereocenters. The minimum absolute atomic E-state index is 0.750. The summed E-state index contributed by atoms with van der Waals surface area (Å²) in [6, 6.07) is 0. The van der Waals surface area contributed by atoms with Crippen LogP contribution in [0.5, 0.6) is 0 Å². The van der Waals surface area contributed by atoms with E-state index < -0.39 is 0 Å². The molecule has 0 radical (unpaired) electrons. The summed E-state index contributed by atoms with van der Waals surface area (Å²) < 4.78 is 6.83. The highest BCUT2D eigenvalue weighted by atomic mass is 32.2. The number of nitrogens with one attached hydrogen (secondary N) is 1. The highest BCUT2D eigenvalue weighted by Crippen LogP contribution is 2.21. The van der Waals surface area contributed by atoms with Gasteiger partial charge in [0.1, 0.15) is 11.6 Å². The van der Waals surface area contributed by atoms with Crippen LogP contribution in [0.3, 0.4) is 0 Å². The fourth-order valence-electron chi connectivity index (χ4n) is 1.82. The molecule has 0 saturated heterocycles. The van der Waals surface area contributed by atoms with Gasteiger partial charge in [0.2, 0.25) is 0 Å². The lowest BCUT2D eigenvalue weighted by atomic mass is 10.3. The number of aryl methyl sites for hydroxylation is 1. The Morgan fingerprint density at radius 3 is 3.00 bits per heavy atom. The van der Waals surface area contributed by atoms with Crippen molar-refractivity contribution in [3.8, 4) is 0 Å². The van der Waals surface area contributed by atoms with E-state index in [9.17, 15) is 0 Å². The summed E-state index contributed by atoms with van der Waals surface area (Å²) >= 11 is 1.77. The zero-order valence-electron chi connectivity index (χ0n) is 12.2. The molecule has 2 aromatic rings. The Hall–Kier alpha value is -1.34. The maximum atomic E-state index is 5.05. The van der Waals surface area contributed by atoms with Crippen LogP contribution in [0.15, 0.2) is 6.20 Å². The van der Waals surface area contributed by atoms with Gasteiger partial charge in [0.05, 0.1) is 23.9 Å². The van der Waals surface area contributed by atoms with E-state index >= 15 is 0 Å². The molecular formula is C13H21N5OS. The van der Waals surface area contributed by atoms with Crippen LogP contribution in [0.1, 0.15) is 19.2 Å². The number of methoxy groups -OCH3 is 1. The number of nitrogens with zero attached hydrogens (tertiary/aromatic N) is 4. The molecule has 7 heteroatoms. The van der Waals surface area contributed by atoms with Crippen molar-refractivity contribution in [2.24, 2.45) is 7.05 Å². The number of hydrogen-bond acceptors (Lipinski definition) is 6. The lowest BCUT2D eigenvalue weighted by Crippen LogP contribution is -2.06. The molecule has 0 fully saturated rings. The number of fused-ring (bicyclic) bond motifs is 1. The molecule has 20 heavy (non-hydrogen) atoms. The molecule has 2 rings (SSSR count). The van der Waals surface area contributed by atoms with Crippen LogP contribution in [-0.4, -0.2) is 45.8 Å². The first-order chi connectivity index (χ1) is 9.76. The number of hydrogen-bond donors (Lipinski definition) is 1. The first kappa shape index (κ1) is 15.1. The largest absolute Gasteiger partial charge is 0.384 e. The Morgan fingerprint density at radius 1 is 1.40 bits per heavy atom. The maximum absolute atomic E-state index is 5.05. The summed E-state index contributed by atoms with van der Waals surface area (Å²) in [5.74, 6) is 3.44. The third-order valence-electron chi connectivity index (χ3n) is 2.84. The molecule has 0 spiro atoms. The van der Waals surface area contributed by atoms with Crippen molar-refractivity contribution in [2.45, 2.75) is 19.1 Å². The van der Waals surface area contributed by atoms with Gasteiger partial charge in [-0.05, 0) is 6.42 Å². The number of rotatable bonds is 8. The van der Waals surface area contributed by atoms with E-state index in [-0.39, 0.29) is 0 Å². The zero-order valence-corrected chi connectivity index (χ0v) is 13.0. The van der Waals surface area contributed by atoms with Gasteiger partial charge in [0, 0.05) is 26.5 Å². The monoisotopic (exact) mass is 295 g/mol. The van der Waals surface area contributed by atoms with Crippen molar-refractivity contribution in [1.82, 2.24) is 19.7 Å². The molecule has 0 aliphatic rings. The fraction of sp³-hybridized carbons (Fsp3) is 0.615. The summed E-state index contributed by atoms with van der Waals surface area (Å²) in [5.41, 5.74) is 0.876. The number of ether oxygens (including phenoxy) is 1. The average Bonchev–Trinajstić information content (AvgIpc) is 2.83. The third kappa shape index (κ3) is 3.61. The van der Waals surface area contributed by atoms with Crippen LogP contribution in [0.25, 0.3) is 11.0 Å². The maximum Gasteiger partial charge on any atom is 0.163 e. The minimum atomic E-state index is 0.750.